The predicted molar refractivity (Wildman–Crippen MR) is 105 cm³/mol. The molecule has 7 heteroatoms. The molecule has 2 aromatic heterocycles. The molecule has 3 heterocycles. The third-order valence-corrected chi connectivity index (χ3v) is 5.29. The van der Waals surface area contributed by atoms with Crippen LogP contribution in [0.5, 0.6) is 0 Å². The fraction of sp³-hybridized carbons (Fsp3) is 0.333. The van der Waals surface area contributed by atoms with Crippen LogP contribution in [-0.4, -0.2) is 30.1 Å². The molecule has 1 atom stereocenters. The van der Waals surface area contributed by atoms with Crippen molar-refractivity contribution in [1.82, 2.24) is 4.90 Å². The smallest absolute Gasteiger partial charge is 0.290 e. The lowest BCUT2D eigenvalue weighted by Gasteiger charge is -2.24. The molecule has 1 aromatic carbocycles. The van der Waals surface area contributed by atoms with Crippen LogP contribution >= 0.6 is 11.6 Å². The van der Waals surface area contributed by atoms with Gasteiger partial charge in [0.25, 0.3) is 5.91 Å². The van der Waals surface area contributed by atoms with Crippen molar-refractivity contribution in [2.45, 2.75) is 32.4 Å². The largest absolute Gasteiger partial charge is 0.467 e. The molecule has 1 saturated heterocycles. The molecule has 4 rings (SSSR count). The van der Waals surface area contributed by atoms with E-state index in [1.807, 2.05) is 6.92 Å². The van der Waals surface area contributed by atoms with Gasteiger partial charge in [-0.05, 0) is 49.6 Å². The Kier molecular flexibility index (Phi) is 5.24. The second-order valence-corrected chi connectivity index (χ2v) is 7.38. The van der Waals surface area contributed by atoms with Gasteiger partial charge in [0.2, 0.25) is 0 Å². The highest BCUT2D eigenvalue weighted by atomic mass is 35.5. The number of fused-ring (bicyclic) bond motifs is 1. The van der Waals surface area contributed by atoms with E-state index in [2.05, 4.69) is 0 Å². The van der Waals surface area contributed by atoms with E-state index in [0.29, 0.717) is 34.9 Å². The summed E-state index contributed by atoms with van der Waals surface area (Å²) in [5.41, 5.74) is 0.808. The summed E-state index contributed by atoms with van der Waals surface area (Å²) in [5.74, 6) is 0.263. The molecule has 0 bridgehead atoms. The molecular formula is C21H20ClNO5. The normalized spacial score (nSPS) is 16.6. The van der Waals surface area contributed by atoms with E-state index < -0.39 is 0 Å². The topological polar surface area (TPSA) is 72.9 Å². The molecular weight excluding hydrogens is 382 g/mol. The number of rotatable bonds is 5. The number of furan rings is 1. The number of halogens is 1. The first kappa shape index (κ1) is 18.8. The summed E-state index contributed by atoms with van der Waals surface area (Å²) in [6, 6.07) is 8.04. The summed E-state index contributed by atoms with van der Waals surface area (Å²) in [5, 5.41) is 0.834. The Morgan fingerprint density at radius 2 is 2.18 bits per heavy atom. The molecule has 0 spiro atoms. The van der Waals surface area contributed by atoms with Gasteiger partial charge in [-0.2, -0.15) is 0 Å². The van der Waals surface area contributed by atoms with E-state index in [-0.39, 0.29) is 29.7 Å². The van der Waals surface area contributed by atoms with Crippen molar-refractivity contribution in [2.75, 3.05) is 13.2 Å². The van der Waals surface area contributed by atoms with Crippen molar-refractivity contribution < 1.29 is 18.4 Å². The van der Waals surface area contributed by atoms with Crippen LogP contribution in [0.3, 0.4) is 0 Å². The molecule has 1 aliphatic heterocycles. The van der Waals surface area contributed by atoms with E-state index in [9.17, 15) is 9.59 Å². The first-order valence-electron chi connectivity index (χ1n) is 9.18. The summed E-state index contributed by atoms with van der Waals surface area (Å²) in [4.78, 5) is 27.3. The second-order valence-electron chi connectivity index (χ2n) is 6.97. The molecule has 0 saturated carbocycles. The van der Waals surface area contributed by atoms with Crippen LogP contribution in [0.4, 0.5) is 0 Å². The number of hydrogen-bond donors (Lipinski definition) is 0. The number of benzene rings is 1. The Balaban J connectivity index is 1.68. The van der Waals surface area contributed by atoms with Crippen LogP contribution in [-0.2, 0) is 11.3 Å². The minimum Gasteiger partial charge on any atom is -0.467 e. The van der Waals surface area contributed by atoms with Gasteiger partial charge in [-0.3, -0.25) is 9.59 Å². The predicted octanol–water partition coefficient (Wildman–Crippen LogP) is 4.17. The molecule has 1 aliphatic rings. The van der Waals surface area contributed by atoms with Crippen molar-refractivity contribution in [1.29, 1.82) is 0 Å². The van der Waals surface area contributed by atoms with Crippen molar-refractivity contribution in [3.63, 3.8) is 0 Å². The minimum atomic E-state index is -0.376. The van der Waals surface area contributed by atoms with E-state index in [4.69, 9.17) is 25.2 Å². The zero-order valence-electron chi connectivity index (χ0n) is 15.4. The van der Waals surface area contributed by atoms with Crippen LogP contribution in [0.2, 0.25) is 5.02 Å². The first-order chi connectivity index (χ1) is 13.5. The quantitative estimate of drug-likeness (QED) is 0.641. The average Bonchev–Trinajstić information content (AvgIpc) is 3.36. The highest BCUT2D eigenvalue weighted by Crippen LogP contribution is 2.23. The van der Waals surface area contributed by atoms with Gasteiger partial charge >= 0.3 is 0 Å². The zero-order valence-corrected chi connectivity index (χ0v) is 16.2. The molecule has 0 unspecified atom stereocenters. The van der Waals surface area contributed by atoms with Crippen LogP contribution in [0.15, 0.2) is 50.2 Å². The number of carbonyl (C=O) groups excluding carboxylic acids is 1. The lowest BCUT2D eigenvalue weighted by molar-refractivity contribution is 0.0469. The maximum absolute atomic E-state index is 13.2. The van der Waals surface area contributed by atoms with Crippen molar-refractivity contribution in [2.24, 2.45) is 0 Å². The Hall–Kier alpha value is -2.57. The van der Waals surface area contributed by atoms with E-state index in [0.717, 1.165) is 18.4 Å². The number of aryl methyl sites for hydroxylation is 1. The van der Waals surface area contributed by atoms with E-state index in [1.54, 1.807) is 35.4 Å². The molecule has 0 N–H and O–H groups in total. The third kappa shape index (κ3) is 3.84. The summed E-state index contributed by atoms with van der Waals surface area (Å²) in [7, 11) is 0. The minimum absolute atomic E-state index is 0.0104. The molecule has 28 heavy (non-hydrogen) atoms. The fourth-order valence-corrected chi connectivity index (χ4v) is 3.55. The number of amides is 1. The molecule has 1 amide bonds. The highest BCUT2D eigenvalue weighted by molar-refractivity contribution is 6.32. The molecule has 6 nitrogen and oxygen atoms in total. The molecule has 146 valence electrons. The Morgan fingerprint density at radius 3 is 2.89 bits per heavy atom. The molecule has 3 aromatic rings. The maximum Gasteiger partial charge on any atom is 0.290 e. The molecule has 0 radical (unpaired) electrons. The van der Waals surface area contributed by atoms with Crippen LogP contribution in [0, 0.1) is 6.92 Å². The monoisotopic (exact) mass is 401 g/mol. The van der Waals surface area contributed by atoms with Crippen LogP contribution in [0.25, 0.3) is 11.0 Å². The highest BCUT2D eigenvalue weighted by Gasteiger charge is 2.26. The zero-order chi connectivity index (χ0) is 19.7. The van der Waals surface area contributed by atoms with Gasteiger partial charge in [0.1, 0.15) is 11.3 Å². The van der Waals surface area contributed by atoms with Gasteiger partial charge in [-0.25, -0.2) is 0 Å². The SMILES string of the molecule is Cc1cc2oc(C(=O)N(Cc3ccco3)C[C@@H]3CCCO3)cc(=O)c2cc1Cl. The van der Waals surface area contributed by atoms with E-state index in [1.165, 1.54) is 6.07 Å². The number of ether oxygens (including phenoxy) is 1. The van der Waals surface area contributed by atoms with E-state index >= 15 is 0 Å². The lowest BCUT2D eigenvalue weighted by atomic mass is 10.1. The van der Waals surface area contributed by atoms with Gasteiger partial charge in [0.15, 0.2) is 11.2 Å². The summed E-state index contributed by atoms with van der Waals surface area (Å²) < 4.78 is 16.9. The first-order valence-corrected chi connectivity index (χ1v) is 9.56. The summed E-state index contributed by atoms with van der Waals surface area (Å²) in [6.07, 6.45) is 3.39. The third-order valence-electron chi connectivity index (χ3n) is 4.88. The van der Waals surface area contributed by atoms with Gasteiger partial charge in [-0.1, -0.05) is 11.6 Å². The number of nitrogens with zero attached hydrogens (tertiary/aromatic N) is 1. The summed E-state index contributed by atoms with van der Waals surface area (Å²) >= 11 is 6.11. The van der Waals surface area contributed by atoms with Gasteiger partial charge in [0.05, 0.1) is 24.3 Å². The van der Waals surface area contributed by atoms with Crippen LogP contribution < -0.4 is 5.43 Å². The van der Waals surface area contributed by atoms with Crippen molar-refractivity contribution in [3.8, 4) is 0 Å². The number of hydrogen-bond acceptors (Lipinski definition) is 5. The maximum atomic E-state index is 13.2. The lowest BCUT2D eigenvalue weighted by Crippen LogP contribution is -2.37. The Labute approximate surface area is 166 Å². The standard InChI is InChI=1S/C21H20ClNO5/c1-13-8-19-16(9-17(13)22)18(24)10-20(28-19)21(25)23(11-14-4-2-6-26-14)12-15-5-3-7-27-15/h2,4,6,8-10,15H,3,5,7,11-12H2,1H3/t15-/m0/s1. The number of carbonyl (C=O) groups is 1. The average molecular weight is 402 g/mol. The van der Waals surface area contributed by atoms with Crippen LogP contribution in [0.1, 0.15) is 34.7 Å². The summed E-state index contributed by atoms with van der Waals surface area (Å²) in [6.45, 7) is 3.18. The van der Waals surface area contributed by atoms with Crippen molar-refractivity contribution in [3.05, 3.63) is 68.9 Å². The van der Waals surface area contributed by atoms with Gasteiger partial charge < -0.3 is 18.5 Å². The Morgan fingerprint density at radius 1 is 1.32 bits per heavy atom. The second kappa shape index (κ2) is 7.81. The fourth-order valence-electron chi connectivity index (χ4n) is 3.38. The molecule has 1 fully saturated rings. The Bertz CT molecular complexity index is 1050. The van der Waals surface area contributed by atoms with Crippen molar-refractivity contribution >= 4 is 28.5 Å². The molecule has 0 aliphatic carbocycles. The van der Waals surface area contributed by atoms with Gasteiger partial charge in [-0.15, -0.1) is 0 Å². The van der Waals surface area contributed by atoms with Gasteiger partial charge in [0, 0.05) is 24.2 Å².